The summed E-state index contributed by atoms with van der Waals surface area (Å²) in [6.07, 6.45) is 1.07. The number of hydrogen-bond acceptors (Lipinski definition) is 3. The number of ether oxygens (including phenoxy) is 2. The van der Waals surface area contributed by atoms with Crippen LogP contribution >= 0.6 is 0 Å². The first-order valence-electron chi connectivity index (χ1n) is 8.15. The molecule has 2 aromatic carbocycles. The number of fused-ring (bicyclic) bond motifs is 3. The summed E-state index contributed by atoms with van der Waals surface area (Å²) in [7, 11) is 0. The van der Waals surface area contributed by atoms with Crippen molar-refractivity contribution < 1.29 is 13.9 Å². The van der Waals surface area contributed by atoms with Crippen molar-refractivity contribution in [1.29, 1.82) is 0 Å². The number of benzene rings is 2. The topological polar surface area (TPSA) is 30.5 Å². The average Bonchev–Trinajstić information content (AvgIpc) is 2.96. The maximum absolute atomic E-state index is 13.0. The van der Waals surface area contributed by atoms with Gasteiger partial charge in [-0.05, 0) is 42.6 Å². The van der Waals surface area contributed by atoms with E-state index in [-0.39, 0.29) is 5.82 Å². The van der Waals surface area contributed by atoms with Gasteiger partial charge in [-0.25, -0.2) is 4.39 Å². The Balaban J connectivity index is 1.57. The van der Waals surface area contributed by atoms with Crippen molar-refractivity contribution in [3.63, 3.8) is 0 Å². The summed E-state index contributed by atoms with van der Waals surface area (Å²) in [4.78, 5) is 0. The number of para-hydroxylation sites is 1. The van der Waals surface area contributed by atoms with Gasteiger partial charge in [-0.2, -0.15) is 0 Å². The fraction of sp³-hybridized carbons (Fsp3) is 0.368. The Morgan fingerprint density at radius 2 is 2.00 bits per heavy atom. The Morgan fingerprint density at radius 1 is 1.13 bits per heavy atom. The molecule has 0 bridgehead atoms. The van der Waals surface area contributed by atoms with E-state index in [1.165, 1.54) is 17.7 Å². The molecular formula is C19H20FNO2. The fourth-order valence-electron chi connectivity index (χ4n) is 3.55. The van der Waals surface area contributed by atoms with E-state index in [4.69, 9.17) is 9.47 Å². The molecule has 3 nitrogen and oxygen atoms in total. The molecule has 2 aliphatic rings. The minimum absolute atomic E-state index is 0.231. The van der Waals surface area contributed by atoms with Crippen LogP contribution in [0.15, 0.2) is 42.5 Å². The van der Waals surface area contributed by atoms with Gasteiger partial charge < -0.3 is 14.8 Å². The molecule has 0 aromatic heterocycles. The van der Waals surface area contributed by atoms with Crippen LogP contribution in [0.5, 0.6) is 11.5 Å². The van der Waals surface area contributed by atoms with Gasteiger partial charge in [0.05, 0.1) is 6.61 Å². The molecule has 4 heteroatoms. The first-order valence-corrected chi connectivity index (χ1v) is 8.15. The highest BCUT2D eigenvalue weighted by atomic mass is 19.1. The predicted molar refractivity (Wildman–Crippen MR) is 86.4 cm³/mol. The molecule has 1 fully saturated rings. The summed E-state index contributed by atoms with van der Waals surface area (Å²) in [5, 5.41) is 3.48. The SMILES string of the molecule is Fc1ccc(COc2cccc3c2OCC[C@@H]2CNC[C@@H]32)cc1. The fourth-order valence-corrected chi connectivity index (χ4v) is 3.55. The lowest BCUT2D eigenvalue weighted by Gasteiger charge is -2.18. The Labute approximate surface area is 135 Å². The van der Waals surface area contributed by atoms with Crippen molar-refractivity contribution >= 4 is 0 Å². The zero-order valence-corrected chi connectivity index (χ0v) is 12.9. The monoisotopic (exact) mass is 313 g/mol. The van der Waals surface area contributed by atoms with E-state index in [2.05, 4.69) is 11.4 Å². The Bertz CT molecular complexity index is 686. The van der Waals surface area contributed by atoms with Crippen LogP contribution in [0.3, 0.4) is 0 Å². The molecule has 1 saturated heterocycles. The third-order valence-electron chi connectivity index (χ3n) is 4.79. The normalized spacial score (nSPS) is 22.7. The van der Waals surface area contributed by atoms with Gasteiger partial charge in [0.25, 0.3) is 0 Å². The van der Waals surface area contributed by atoms with Gasteiger partial charge in [-0.3, -0.25) is 0 Å². The lowest BCUT2D eigenvalue weighted by atomic mass is 9.87. The second-order valence-electron chi connectivity index (χ2n) is 6.25. The van der Waals surface area contributed by atoms with Gasteiger partial charge >= 0.3 is 0 Å². The van der Waals surface area contributed by atoms with Crippen LogP contribution in [-0.4, -0.2) is 19.7 Å². The molecule has 0 radical (unpaired) electrons. The van der Waals surface area contributed by atoms with E-state index in [1.54, 1.807) is 12.1 Å². The number of rotatable bonds is 3. The summed E-state index contributed by atoms with van der Waals surface area (Å²) >= 11 is 0. The Morgan fingerprint density at radius 3 is 2.87 bits per heavy atom. The number of nitrogens with one attached hydrogen (secondary N) is 1. The summed E-state index contributed by atoms with van der Waals surface area (Å²) in [6, 6.07) is 12.5. The van der Waals surface area contributed by atoms with Crippen LogP contribution < -0.4 is 14.8 Å². The van der Waals surface area contributed by atoms with Gasteiger partial charge in [0.15, 0.2) is 11.5 Å². The van der Waals surface area contributed by atoms with Crippen molar-refractivity contribution in [3.8, 4) is 11.5 Å². The highest BCUT2D eigenvalue weighted by Gasteiger charge is 2.33. The van der Waals surface area contributed by atoms with E-state index in [0.717, 1.165) is 43.2 Å². The largest absolute Gasteiger partial charge is 0.489 e. The summed E-state index contributed by atoms with van der Waals surface area (Å²) < 4.78 is 25.0. The molecule has 0 amide bonds. The molecule has 0 aliphatic carbocycles. The molecular weight excluding hydrogens is 293 g/mol. The van der Waals surface area contributed by atoms with Gasteiger partial charge in [-0.1, -0.05) is 24.3 Å². The third-order valence-corrected chi connectivity index (χ3v) is 4.79. The van der Waals surface area contributed by atoms with Crippen LogP contribution in [0.25, 0.3) is 0 Å². The summed E-state index contributed by atoms with van der Waals surface area (Å²) in [5.41, 5.74) is 2.19. The second-order valence-corrected chi connectivity index (χ2v) is 6.25. The maximum Gasteiger partial charge on any atom is 0.164 e. The zero-order valence-electron chi connectivity index (χ0n) is 12.9. The van der Waals surface area contributed by atoms with E-state index in [0.29, 0.717) is 18.4 Å². The third kappa shape index (κ3) is 2.91. The highest BCUT2D eigenvalue weighted by Crippen LogP contribution is 2.43. The molecule has 2 aliphatic heterocycles. The smallest absolute Gasteiger partial charge is 0.164 e. The van der Waals surface area contributed by atoms with E-state index in [1.807, 2.05) is 12.1 Å². The Hall–Kier alpha value is -2.07. The molecule has 0 saturated carbocycles. The molecule has 120 valence electrons. The van der Waals surface area contributed by atoms with Crippen molar-refractivity contribution in [1.82, 2.24) is 5.32 Å². The predicted octanol–water partition coefficient (Wildman–Crippen LogP) is 3.49. The molecule has 2 heterocycles. The number of halogens is 1. The van der Waals surface area contributed by atoms with Crippen LogP contribution in [-0.2, 0) is 6.61 Å². The maximum atomic E-state index is 13.0. The van der Waals surface area contributed by atoms with E-state index in [9.17, 15) is 4.39 Å². The number of hydrogen-bond donors (Lipinski definition) is 1. The van der Waals surface area contributed by atoms with Crippen molar-refractivity contribution in [3.05, 3.63) is 59.4 Å². The average molecular weight is 313 g/mol. The lowest BCUT2D eigenvalue weighted by molar-refractivity contribution is 0.256. The summed E-state index contributed by atoms with van der Waals surface area (Å²) in [6.45, 7) is 3.20. The van der Waals surface area contributed by atoms with Crippen LogP contribution in [0, 0.1) is 11.7 Å². The van der Waals surface area contributed by atoms with Gasteiger partial charge in [0, 0.05) is 18.0 Å². The minimum atomic E-state index is -0.231. The highest BCUT2D eigenvalue weighted by molar-refractivity contribution is 5.49. The van der Waals surface area contributed by atoms with E-state index >= 15 is 0 Å². The molecule has 2 aromatic rings. The standard InChI is InChI=1S/C19H20FNO2/c20-15-6-4-13(5-7-15)12-23-18-3-1-2-16-17-11-21-10-14(17)8-9-22-19(16)18/h1-7,14,17,21H,8-12H2/t14-,17-/m1/s1. The van der Waals surface area contributed by atoms with Crippen LogP contribution in [0.2, 0.25) is 0 Å². The summed E-state index contributed by atoms with van der Waals surface area (Å²) in [5.74, 6) is 2.57. The quantitative estimate of drug-likeness (QED) is 0.941. The second kappa shape index (κ2) is 6.20. The van der Waals surface area contributed by atoms with Crippen LogP contribution in [0.1, 0.15) is 23.5 Å². The van der Waals surface area contributed by atoms with Crippen LogP contribution in [0.4, 0.5) is 4.39 Å². The first kappa shape index (κ1) is 14.5. The van der Waals surface area contributed by atoms with Crippen molar-refractivity contribution in [2.24, 2.45) is 5.92 Å². The molecule has 0 spiro atoms. The van der Waals surface area contributed by atoms with E-state index < -0.39 is 0 Å². The first-order chi connectivity index (χ1) is 11.3. The van der Waals surface area contributed by atoms with Crippen molar-refractivity contribution in [2.45, 2.75) is 18.9 Å². The van der Waals surface area contributed by atoms with Gasteiger partial charge in [-0.15, -0.1) is 0 Å². The lowest BCUT2D eigenvalue weighted by Crippen LogP contribution is -2.11. The molecule has 4 rings (SSSR count). The molecule has 23 heavy (non-hydrogen) atoms. The molecule has 1 N–H and O–H groups in total. The molecule has 0 unspecified atom stereocenters. The van der Waals surface area contributed by atoms with Crippen molar-refractivity contribution in [2.75, 3.05) is 19.7 Å². The minimum Gasteiger partial charge on any atom is -0.489 e. The Kier molecular flexibility index (Phi) is 3.92. The molecule has 2 atom stereocenters. The van der Waals surface area contributed by atoms with Gasteiger partial charge in [0.2, 0.25) is 0 Å². The van der Waals surface area contributed by atoms with Gasteiger partial charge in [0.1, 0.15) is 12.4 Å². The zero-order chi connectivity index (χ0) is 15.6.